The first-order valence-corrected chi connectivity index (χ1v) is 8.71. The summed E-state index contributed by atoms with van der Waals surface area (Å²) < 4.78 is 12.9. The van der Waals surface area contributed by atoms with Crippen molar-refractivity contribution in [2.45, 2.75) is 40.2 Å². The van der Waals surface area contributed by atoms with Gasteiger partial charge in [-0.25, -0.2) is 4.39 Å². The highest BCUT2D eigenvalue weighted by atomic mass is 19.1. The number of aliphatic hydroxyl groups is 1. The Morgan fingerprint density at radius 2 is 2.00 bits per heavy atom. The van der Waals surface area contributed by atoms with Crippen LogP contribution in [-0.2, 0) is 11.3 Å². The summed E-state index contributed by atoms with van der Waals surface area (Å²) in [4.78, 5) is 12.3. The van der Waals surface area contributed by atoms with Crippen LogP contribution >= 0.6 is 0 Å². The molecule has 0 aliphatic heterocycles. The zero-order valence-corrected chi connectivity index (χ0v) is 14.8. The lowest BCUT2D eigenvalue weighted by atomic mass is 9.70. The van der Waals surface area contributed by atoms with Crippen LogP contribution in [-0.4, -0.2) is 17.6 Å². The first kappa shape index (κ1) is 18.7. The number of aliphatic hydroxyl groups excluding tert-OH is 1. The third-order valence-electron chi connectivity index (χ3n) is 5.13. The van der Waals surface area contributed by atoms with Crippen molar-refractivity contribution in [1.29, 1.82) is 0 Å². The number of carbonyl (C=O) groups is 1. The maximum atomic E-state index is 12.9. The summed E-state index contributed by atoms with van der Waals surface area (Å²) in [5.41, 5.74) is 2.09. The fourth-order valence-electron chi connectivity index (χ4n) is 3.58. The van der Waals surface area contributed by atoms with Crippen molar-refractivity contribution in [2.24, 2.45) is 23.7 Å². The van der Waals surface area contributed by atoms with Crippen molar-refractivity contribution in [3.05, 3.63) is 47.3 Å². The zero-order chi connectivity index (χ0) is 17.7. The first-order valence-electron chi connectivity index (χ1n) is 8.71. The Kier molecular flexibility index (Phi) is 6.55. The van der Waals surface area contributed by atoms with Gasteiger partial charge in [0.2, 0.25) is 5.91 Å². The van der Waals surface area contributed by atoms with E-state index in [1.165, 1.54) is 17.7 Å². The number of halogens is 1. The predicted octanol–water partition coefficient (Wildman–Crippen LogP) is 3.68. The molecule has 0 radical (unpaired) electrons. The van der Waals surface area contributed by atoms with Crippen molar-refractivity contribution >= 4 is 5.91 Å². The monoisotopic (exact) mass is 333 g/mol. The fraction of sp³-hybridized carbons (Fsp3) is 0.550. The lowest BCUT2D eigenvalue weighted by molar-refractivity contribution is -0.122. The van der Waals surface area contributed by atoms with Gasteiger partial charge in [0.1, 0.15) is 5.82 Å². The maximum Gasteiger partial charge on any atom is 0.220 e. The molecule has 2 rings (SSSR count). The van der Waals surface area contributed by atoms with Crippen LogP contribution in [0.2, 0.25) is 0 Å². The van der Waals surface area contributed by atoms with E-state index in [9.17, 15) is 14.3 Å². The Hall–Kier alpha value is -1.68. The Morgan fingerprint density at radius 3 is 2.58 bits per heavy atom. The van der Waals surface area contributed by atoms with Crippen LogP contribution in [0.3, 0.4) is 0 Å². The molecule has 0 heterocycles. The van der Waals surface area contributed by atoms with E-state index in [0.29, 0.717) is 24.8 Å². The molecule has 2 N–H and O–H groups in total. The molecular formula is C20H28FNO2. The molecule has 4 heteroatoms. The third-order valence-corrected chi connectivity index (χ3v) is 5.13. The Labute approximate surface area is 144 Å². The summed E-state index contributed by atoms with van der Waals surface area (Å²) >= 11 is 0. The molecule has 132 valence electrons. The van der Waals surface area contributed by atoms with Gasteiger partial charge in [-0.05, 0) is 48.8 Å². The van der Waals surface area contributed by atoms with Crippen LogP contribution in [0, 0.1) is 29.5 Å². The fourth-order valence-corrected chi connectivity index (χ4v) is 3.58. The van der Waals surface area contributed by atoms with Gasteiger partial charge in [-0.2, -0.15) is 0 Å². The predicted molar refractivity (Wildman–Crippen MR) is 93.6 cm³/mol. The van der Waals surface area contributed by atoms with E-state index in [-0.39, 0.29) is 30.2 Å². The molecule has 1 aliphatic rings. The molecule has 3 atom stereocenters. The van der Waals surface area contributed by atoms with Gasteiger partial charge in [0.15, 0.2) is 0 Å². The lowest BCUT2D eigenvalue weighted by Crippen LogP contribution is -2.32. The normalized spacial score (nSPS) is 23.9. The number of carbonyl (C=O) groups excluding carboxylic acids is 1. The van der Waals surface area contributed by atoms with E-state index in [0.717, 1.165) is 12.0 Å². The highest BCUT2D eigenvalue weighted by Crippen LogP contribution is 2.38. The second-order valence-electron chi connectivity index (χ2n) is 7.20. The highest BCUT2D eigenvalue weighted by Gasteiger charge is 2.31. The minimum absolute atomic E-state index is 0.0158. The summed E-state index contributed by atoms with van der Waals surface area (Å²) in [7, 11) is 0. The van der Waals surface area contributed by atoms with Crippen molar-refractivity contribution < 1.29 is 14.3 Å². The quantitative estimate of drug-likeness (QED) is 0.780. The number of nitrogens with one attached hydrogen (secondary N) is 1. The van der Waals surface area contributed by atoms with Crippen LogP contribution in [0.25, 0.3) is 0 Å². The third kappa shape index (κ3) is 4.91. The van der Waals surface area contributed by atoms with Gasteiger partial charge in [-0.3, -0.25) is 4.79 Å². The minimum atomic E-state index is -0.272. The number of hydrogen-bond acceptors (Lipinski definition) is 2. The molecule has 0 spiro atoms. The largest absolute Gasteiger partial charge is 0.396 e. The van der Waals surface area contributed by atoms with Gasteiger partial charge in [-0.1, -0.05) is 37.6 Å². The molecule has 3 unspecified atom stereocenters. The van der Waals surface area contributed by atoms with Crippen molar-refractivity contribution in [3.8, 4) is 0 Å². The second kappa shape index (κ2) is 8.43. The summed E-state index contributed by atoms with van der Waals surface area (Å²) in [6.45, 7) is 6.99. The van der Waals surface area contributed by atoms with E-state index in [4.69, 9.17) is 0 Å². The molecule has 3 nitrogen and oxygen atoms in total. The molecule has 0 saturated carbocycles. The molecule has 1 aliphatic carbocycles. The van der Waals surface area contributed by atoms with E-state index in [1.54, 1.807) is 12.1 Å². The van der Waals surface area contributed by atoms with Crippen LogP contribution in [0.4, 0.5) is 4.39 Å². The molecule has 1 aromatic carbocycles. The molecular weight excluding hydrogens is 305 g/mol. The van der Waals surface area contributed by atoms with E-state index in [2.05, 4.69) is 32.2 Å². The van der Waals surface area contributed by atoms with E-state index >= 15 is 0 Å². The number of amides is 1. The molecule has 0 fully saturated rings. The van der Waals surface area contributed by atoms with Crippen LogP contribution in [0.5, 0.6) is 0 Å². The van der Waals surface area contributed by atoms with Gasteiger partial charge in [0.05, 0.1) is 0 Å². The first-order chi connectivity index (χ1) is 11.4. The molecule has 0 bridgehead atoms. The second-order valence-corrected chi connectivity index (χ2v) is 7.20. The maximum absolute atomic E-state index is 12.9. The average Bonchev–Trinajstić information content (AvgIpc) is 2.55. The standard InChI is InChI=1S/C20H28FNO2/c1-13(2)19-9-16(14(3)8-17(19)12-23)10-20(24)22-11-15-4-6-18(21)7-5-15/h4-8,13,16-17,19,23H,9-12H2,1-3H3,(H,22,24). The number of benzene rings is 1. The topological polar surface area (TPSA) is 49.3 Å². The van der Waals surface area contributed by atoms with Crippen LogP contribution < -0.4 is 5.32 Å². The number of rotatable bonds is 6. The van der Waals surface area contributed by atoms with Crippen LogP contribution in [0.1, 0.15) is 39.2 Å². The van der Waals surface area contributed by atoms with E-state index in [1.807, 2.05) is 0 Å². The van der Waals surface area contributed by atoms with Gasteiger partial charge in [-0.15, -0.1) is 0 Å². The van der Waals surface area contributed by atoms with Crippen LogP contribution in [0.15, 0.2) is 35.9 Å². The number of hydrogen-bond donors (Lipinski definition) is 2. The van der Waals surface area contributed by atoms with Crippen molar-refractivity contribution in [1.82, 2.24) is 5.32 Å². The van der Waals surface area contributed by atoms with Crippen molar-refractivity contribution in [2.75, 3.05) is 6.61 Å². The van der Waals surface area contributed by atoms with Gasteiger partial charge < -0.3 is 10.4 Å². The smallest absolute Gasteiger partial charge is 0.220 e. The van der Waals surface area contributed by atoms with Gasteiger partial charge >= 0.3 is 0 Å². The Bertz CT molecular complexity index is 580. The summed E-state index contributed by atoms with van der Waals surface area (Å²) in [6.07, 6.45) is 3.55. The molecule has 24 heavy (non-hydrogen) atoms. The highest BCUT2D eigenvalue weighted by molar-refractivity contribution is 5.76. The summed E-state index contributed by atoms with van der Waals surface area (Å²) in [5, 5.41) is 12.5. The Balaban J connectivity index is 1.91. The average molecular weight is 333 g/mol. The molecule has 0 saturated heterocycles. The Morgan fingerprint density at radius 1 is 1.33 bits per heavy atom. The number of allylic oxidation sites excluding steroid dienone is 1. The summed E-state index contributed by atoms with van der Waals surface area (Å²) in [5.74, 6) is 1.06. The lowest BCUT2D eigenvalue weighted by Gasteiger charge is -2.36. The molecule has 0 aromatic heterocycles. The SMILES string of the molecule is CC1=CC(CO)C(C(C)C)CC1CC(=O)NCc1ccc(F)cc1. The summed E-state index contributed by atoms with van der Waals surface area (Å²) in [6, 6.07) is 6.17. The van der Waals surface area contributed by atoms with Gasteiger partial charge in [0.25, 0.3) is 0 Å². The molecule has 1 aromatic rings. The van der Waals surface area contributed by atoms with Gasteiger partial charge in [0, 0.05) is 25.5 Å². The van der Waals surface area contributed by atoms with Crippen molar-refractivity contribution in [3.63, 3.8) is 0 Å². The van der Waals surface area contributed by atoms with E-state index < -0.39 is 0 Å². The minimum Gasteiger partial charge on any atom is -0.396 e. The molecule has 1 amide bonds. The zero-order valence-electron chi connectivity index (χ0n) is 14.8.